The van der Waals surface area contributed by atoms with Crippen LogP contribution in [0.25, 0.3) is 0 Å². The second-order valence-corrected chi connectivity index (χ2v) is 6.47. The van der Waals surface area contributed by atoms with Crippen LogP contribution in [0.5, 0.6) is 0 Å². The molecular formula is C19H22N2O4. The number of carboxylic acid groups (broad SMARTS) is 1. The number of benzene rings is 1. The molecule has 1 aliphatic rings. The summed E-state index contributed by atoms with van der Waals surface area (Å²) in [7, 11) is 0. The minimum absolute atomic E-state index is 0.184. The number of nitrogens with zero attached hydrogens (tertiary/aromatic N) is 1. The molecule has 0 aliphatic heterocycles. The van der Waals surface area contributed by atoms with Crippen LogP contribution < -0.4 is 5.32 Å². The molecule has 132 valence electrons. The van der Waals surface area contributed by atoms with Crippen LogP contribution in [0.1, 0.15) is 64.7 Å². The van der Waals surface area contributed by atoms with Crippen molar-refractivity contribution in [2.24, 2.45) is 0 Å². The van der Waals surface area contributed by atoms with E-state index in [-0.39, 0.29) is 12.3 Å². The fourth-order valence-corrected chi connectivity index (χ4v) is 3.36. The molecule has 0 saturated carbocycles. The molecule has 1 aromatic carbocycles. The van der Waals surface area contributed by atoms with Crippen molar-refractivity contribution in [1.82, 2.24) is 10.5 Å². The minimum Gasteiger partial charge on any atom is -0.481 e. The lowest BCUT2D eigenvalue weighted by Crippen LogP contribution is -2.31. The van der Waals surface area contributed by atoms with E-state index in [4.69, 9.17) is 4.52 Å². The highest BCUT2D eigenvalue weighted by molar-refractivity contribution is 5.94. The van der Waals surface area contributed by atoms with E-state index in [0.717, 1.165) is 54.6 Å². The number of carbonyl (C=O) groups is 2. The molecule has 1 aliphatic carbocycles. The molecular weight excluding hydrogens is 320 g/mol. The van der Waals surface area contributed by atoms with Crippen LogP contribution in [0.2, 0.25) is 0 Å². The van der Waals surface area contributed by atoms with Crippen molar-refractivity contribution in [3.05, 3.63) is 52.4 Å². The van der Waals surface area contributed by atoms with Gasteiger partial charge in [0.05, 0.1) is 12.5 Å². The number of hydrogen-bond donors (Lipinski definition) is 2. The molecule has 2 N–H and O–H groups in total. The van der Waals surface area contributed by atoms with Crippen molar-refractivity contribution in [3.63, 3.8) is 0 Å². The molecule has 1 heterocycles. The van der Waals surface area contributed by atoms with E-state index in [2.05, 4.69) is 10.5 Å². The van der Waals surface area contributed by atoms with Gasteiger partial charge in [0.2, 0.25) is 0 Å². The summed E-state index contributed by atoms with van der Waals surface area (Å²) in [5.41, 5.74) is 2.90. The van der Waals surface area contributed by atoms with Gasteiger partial charge in [0.15, 0.2) is 5.69 Å². The van der Waals surface area contributed by atoms with Crippen LogP contribution in [-0.2, 0) is 17.6 Å². The maximum absolute atomic E-state index is 12.7. The van der Waals surface area contributed by atoms with E-state index < -0.39 is 12.0 Å². The summed E-state index contributed by atoms with van der Waals surface area (Å²) in [4.78, 5) is 24.0. The average molecular weight is 342 g/mol. The van der Waals surface area contributed by atoms with E-state index in [0.29, 0.717) is 5.69 Å². The van der Waals surface area contributed by atoms with E-state index in [1.807, 2.05) is 31.2 Å². The van der Waals surface area contributed by atoms with Gasteiger partial charge < -0.3 is 14.9 Å². The first kappa shape index (κ1) is 17.2. The van der Waals surface area contributed by atoms with Crippen LogP contribution in [0.3, 0.4) is 0 Å². The molecule has 0 bridgehead atoms. The first-order chi connectivity index (χ1) is 12.1. The number of aliphatic carboxylic acids is 1. The molecule has 0 radical (unpaired) electrons. The van der Waals surface area contributed by atoms with Crippen molar-refractivity contribution in [3.8, 4) is 0 Å². The van der Waals surface area contributed by atoms with E-state index in [9.17, 15) is 14.7 Å². The van der Waals surface area contributed by atoms with E-state index >= 15 is 0 Å². The van der Waals surface area contributed by atoms with Gasteiger partial charge in [0.25, 0.3) is 5.91 Å². The quantitative estimate of drug-likeness (QED) is 0.814. The van der Waals surface area contributed by atoms with Gasteiger partial charge in [-0.3, -0.25) is 9.59 Å². The summed E-state index contributed by atoms with van der Waals surface area (Å²) in [5.74, 6) is -0.553. The van der Waals surface area contributed by atoms with Crippen molar-refractivity contribution in [2.75, 3.05) is 0 Å². The van der Waals surface area contributed by atoms with Gasteiger partial charge >= 0.3 is 5.97 Å². The molecule has 0 fully saturated rings. The Balaban J connectivity index is 1.85. The zero-order valence-corrected chi connectivity index (χ0v) is 14.2. The van der Waals surface area contributed by atoms with Gasteiger partial charge in [0, 0.05) is 12.0 Å². The zero-order valence-electron chi connectivity index (χ0n) is 14.2. The number of fused-ring (bicyclic) bond motifs is 1. The largest absolute Gasteiger partial charge is 0.481 e. The summed E-state index contributed by atoms with van der Waals surface area (Å²) in [5, 5.41) is 16.0. The Bertz CT molecular complexity index is 781. The van der Waals surface area contributed by atoms with Crippen LogP contribution in [-0.4, -0.2) is 22.1 Å². The Morgan fingerprint density at radius 1 is 1.24 bits per heavy atom. The number of nitrogens with one attached hydrogen (secondary N) is 1. The lowest BCUT2D eigenvalue weighted by molar-refractivity contribution is -0.137. The molecule has 1 amide bonds. The first-order valence-corrected chi connectivity index (χ1v) is 8.62. The molecule has 6 heteroatoms. The van der Waals surface area contributed by atoms with Crippen LogP contribution in [0.4, 0.5) is 0 Å². The summed E-state index contributed by atoms with van der Waals surface area (Å²) in [6, 6.07) is 6.86. The molecule has 0 spiro atoms. The number of aryl methyl sites for hydroxylation is 2. The van der Waals surface area contributed by atoms with Gasteiger partial charge in [-0.15, -0.1) is 0 Å². The predicted molar refractivity (Wildman–Crippen MR) is 91.4 cm³/mol. The molecule has 3 rings (SSSR count). The van der Waals surface area contributed by atoms with Gasteiger partial charge in [-0.25, -0.2) is 0 Å². The number of carbonyl (C=O) groups excluding carboxylic acids is 1. The van der Waals surface area contributed by atoms with Gasteiger partial charge in [-0.1, -0.05) is 35.8 Å². The smallest absolute Gasteiger partial charge is 0.305 e. The van der Waals surface area contributed by atoms with Gasteiger partial charge in [-0.05, 0) is 37.3 Å². The Labute approximate surface area is 146 Å². The second kappa shape index (κ2) is 7.51. The van der Waals surface area contributed by atoms with Gasteiger partial charge in [0.1, 0.15) is 5.76 Å². The lowest BCUT2D eigenvalue weighted by Gasteiger charge is -2.19. The summed E-state index contributed by atoms with van der Waals surface area (Å²) in [6.45, 7) is 1.90. The summed E-state index contributed by atoms with van der Waals surface area (Å²) >= 11 is 0. The SMILES string of the molecule is Cc1ccccc1C(CC(=O)O)NC(=O)c1noc2c1CCCCC2. The molecule has 25 heavy (non-hydrogen) atoms. The third kappa shape index (κ3) is 3.90. The Hall–Kier alpha value is -2.63. The second-order valence-electron chi connectivity index (χ2n) is 6.47. The van der Waals surface area contributed by atoms with E-state index in [1.165, 1.54) is 0 Å². The minimum atomic E-state index is -0.965. The molecule has 2 aromatic rings. The van der Waals surface area contributed by atoms with Crippen molar-refractivity contribution >= 4 is 11.9 Å². The first-order valence-electron chi connectivity index (χ1n) is 8.62. The van der Waals surface area contributed by atoms with E-state index in [1.54, 1.807) is 0 Å². The molecule has 1 unspecified atom stereocenters. The molecule has 1 aromatic heterocycles. The van der Waals surface area contributed by atoms with Crippen molar-refractivity contribution < 1.29 is 19.2 Å². The highest BCUT2D eigenvalue weighted by atomic mass is 16.5. The predicted octanol–water partition coefficient (Wildman–Crippen LogP) is 3.20. The molecule has 6 nitrogen and oxygen atoms in total. The number of amides is 1. The topological polar surface area (TPSA) is 92.4 Å². The Kier molecular flexibility index (Phi) is 5.16. The van der Waals surface area contributed by atoms with Crippen molar-refractivity contribution in [1.29, 1.82) is 0 Å². The molecule has 1 atom stereocenters. The summed E-state index contributed by atoms with van der Waals surface area (Å²) < 4.78 is 5.35. The van der Waals surface area contributed by atoms with Crippen LogP contribution >= 0.6 is 0 Å². The number of rotatable bonds is 5. The standard InChI is InChI=1S/C19H22N2O4/c1-12-7-5-6-8-13(12)15(11-17(22)23)20-19(24)18-14-9-3-2-4-10-16(14)25-21-18/h5-8,15H,2-4,9-11H2,1H3,(H,20,24)(H,22,23). The number of aromatic nitrogens is 1. The average Bonchev–Trinajstić information content (AvgIpc) is 2.83. The maximum Gasteiger partial charge on any atom is 0.305 e. The maximum atomic E-state index is 12.7. The third-order valence-electron chi connectivity index (χ3n) is 4.66. The van der Waals surface area contributed by atoms with Gasteiger partial charge in [-0.2, -0.15) is 0 Å². The Morgan fingerprint density at radius 3 is 2.76 bits per heavy atom. The lowest BCUT2D eigenvalue weighted by atomic mass is 9.98. The highest BCUT2D eigenvalue weighted by Gasteiger charge is 2.26. The number of hydrogen-bond acceptors (Lipinski definition) is 4. The number of carboxylic acids is 1. The highest BCUT2D eigenvalue weighted by Crippen LogP contribution is 2.25. The Morgan fingerprint density at radius 2 is 2.00 bits per heavy atom. The third-order valence-corrected chi connectivity index (χ3v) is 4.66. The monoisotopic (exact) mass is 342 g/mol. The van der Waals surface area contributed by atoms with Crippen molar-refractivity contribution in [2.45, 2.75) is 51.5 Å². The van der Waals surface area contributed by atoms with Crippen LogP contribution in [0.15, 0.2) is 28.8 Å². The summed E-state index contributed by atoms with van der Waals surface area (Å²) in [6.07, 6.45) is 4.53. The normalized spacial score (nSPS) is 15.1. The fourth-order valence-electron chi connectivity index (χ4n) is 3.36. The van der Waals surface area contributed by atoms with Crippen LogP contribution in [0, 0.1) is 6.92 Å². The fraction of sp³-hybridized carbons (Fsp3) is 0.421. The zero-order chi connectivity index (χ0) is 17.8. The molecule has 0 saturated heterocycles.